The number of unbranched alkanes of at least 4 members (excludes halogenated alkanes) is 4. The molecule has 0 aromatic rings. The second-order valence-corrected chi connectivity index (χ2v) is 5.92. The Labute approximate surface area is 99.8 Å². The van der Waals surface area contributed by atoms with E-state index in [-0.39, 0.29) is 6.10 Å². The molecule has 0 aromatic heterocycles. The second-order valence-electron chi connectivity index (χ2n) is 5.92. The van der Waals surface area contributed by atoms with Crippen LogP contribution in [0.4, 0.5) is 0 Å². The third-order valence-electron chi connectivity index (χ3n) is 4.42. The van der Waals surface area contributed by atoms with E-state index in [1.807, 2.05) is 0 Å². The number of aliphatic hydroxyl groups excluding tert-OH is 1. The molecule has 0 amide bonds. The van der Waals surface area contributed by atoms with E-state index in [2.05, 4.69) is 12.2 Å². The van der Waals surface area contributed by atoms with Gasteiger partial charge in [0.1, 0.15) is 0 Å². The summed E-state index contributed by atoms with van der Waals surface area (Å²) in [5.41, 5.74) is 0.314. The zero-order valence-electron chi connectivity index (χ0n) is 10.7. The highest BCUT2D eigenvalue weighted by atomic mass is 16.3. The molecule has 2 fully saturated rings. The Kier molecular flexibility index (Phi) is 4.26. The van der Waals surface area contributed by atoms with Gasteiger partial charge in [0.25, 0.3) is 0 Å². The summed E-state index contributed by atoms with van der Waals surface area (Å²) < 4.78 is 0. The molecule has 16 heavy (non-hydrogen) atoms. The van der Waals surface area contributed by atoms with E-state index in [1.54, 1.807) is 0 Å². The van der Waals surface area contributed by atoms with Gasteiger partial charge in [0.15, 0.2) is 0 Å². The molecule has 94 valence electrons. The third-order valence-corrected chi connectivity index (χ3v) is 4.42. The molecule has 0 saturated carbocycles. The second kappa shape index (κ2) is 5.50. The van der Waals surface area contributed by atoms with Crippen LogP contribution in [0, 0.1) is 0 Å². The first kappa shape index (κ1) is 12.4. The molecular formula is C14H27NO. The minimum Gasteiger partial charge on any atom is -0.393 e. The SMILES string of the molecule is CCCCCCCC12CCC(CC(O)C1)N2. The summed E-state index contributed by atoms with van der Waals surface area (Å²) in [4.78, 5) is 0. The third kappa shape index (κ3) is 2.98. The zero-order chi connectivity index (χ0) is 11.4. The van der Waals surface area contributed by atoms with Crippen molar-refractivity contribution in [3.8, 4) is 0 Å². The summed E-state index contributed by atoms with van der Waals surface area (Å²) in [6.45, 7) is 2.26. The van der Waals surface area contributed by atoms with E-state index in [0.717, 1.165) is 12.8 Å². The molecule has 0 radical (unpaired) electrons. The maximum atomic E-state index is 9.86. The van der Waals surface area contributed by atoms with Crippen LogP contribution in [0.15, 0.2) is 0 Å². The average molecular weight is 225 g/mol. The predicted molar refractivity (Wildman–Crippen MR) is 67.5 cm³/mol. The molecule has 2 aliphatic heterocycles. The Morgan fingerprint density at radius 1 is 1.25 bits per heavy atom. The van der Waals surface area contributed by atoms with Gasteiger partial charge in [-0.15, -0.1) is 0 Å². The van der Waals surface area contributed by atoms with Crippen molar-refractivity contribution in [2.75, 3.05) is 0 Å². The van der Waals surface area contributed by atoms with Gasteiger partial charge < -0.3 is 10.4 Å². The fourth-order valence-corrected chi connectivity index (χ4v) is 3.59. The van der Waals surface area contributed by atoms with Crippen LogP contribution in [0.2, 0.25) is 0 Å². The highest BCUT2D eigenvalue weighted by molar-refractivity contribution is 5.03. The molecule has 2 nitrogen and oxygen atoms in total. The Balaban J connectivity index is 1.71. The van der Waals surface area contributed by atoms with Gasteiger partial charge in [-0.2, -0.15) is 0 Å². The van der Waals surface area contributed by atoms with Crippen LogP contribution in [-0.2, 0) is 0 Å². The van der Waals surface area contributed by atoms with Gasteiger partial charge in [-0.05, 0) is 32.1 Å². The molecule has 3 atom stereocenters. The molecular weight excluding hydrogens is 198 g/mol. The number of aliphatic hydroxyl groups is 1. The van der Waals surface area contributed by atoms with Crippen molar-refractivity contribution in [1.82, 2.24) is 5.32 Å². The van der Waals surface area contributed by atoms with Gasteiger partial charge >= 0.3 is 0 Å². The van der Waals surface area contributed by atoms with Crippen molar-refractivity contribution in [3.05, 3.63) is 0 Å². The van der Waals surface area contributed by atoms with E-state index >= 15 is 0 Å². The van der Waals surface area contributed by atoms with E-state index in [4.69, 9.17) is 0 Å². The fraction of sp³-hybridized carbons (Fsp3) is 1.00. The van der Waals surface area contributed by atoms with Gasteiger partial charge in [-0.3, -0.25) is 0 Å². The lowest BCUT2D eigenvalue weighted by molar-refractivity contribution is 0.0763. The summed E-state index contributed by atoms with van der Waals surface area (Å²) in [5.74, 6) is 0. The summed E-state index contributed by atoms with van der Waals surface area (Å²) in [7, 11) is 0. The molecule has 3 unspecified atom stereocenters. The van der Waals surface area contributed by atoms with Crippen LogP contribution in [0.3, 0.4) is 0 Å². The molecule has 2 heterocycles. The van der Waals surface area contributed by atoms with Crippen LogP contribution in [0.25, 0.3) is 0 Å². The molecule has 0 aliphatic carbocycles. The Hall–Kier alpha value is -0.0800. The van der Waals surface area contributed by atoms with Crippen molar-refractivity contribution in [2.24, 2.45) is 0 Å². The summed E-state index contributed by atoms with van der Waals surface area (Å²) in [6, 6.07) is 0.611. The van der Waals surface area contributed by atoms with E-state index < -0.39 is 0 Å². The largest absolute Gasteiger partial charge is 0.393 e. The highest BCUT2D eigenvalue weighted by Gasteiger charge is 2.43. The standard InChI is InChI=1S/C14H27NO/c1-2-3-4-5-6-8-14-9-7-12(15-14)10-13(16)11-14/h12-13,15-16H,2-11H2,1H3. The zero-order valence-corrected chi connectivity index (χ0v) is 10.7. The van der Waals surface area contributed by atoms with Gasteiger partial charge in [-0.1, -0.05) is 39.0 Å². The lowest BCUT2D eigenvalue weighted by Gasteiger charge is -2.37. The van der Waals surface area contributed by atoms with Crippen molar-refractivity contribution >= 4 is 0 Å². The molecule has 0 aromatic carbocycles. The number of piperidine rings is 1. The van der Waals surface area contributed by atoms with Crippen molar-refractivity contribution in [3.63, 3.8) is 0 Å². The van der Waals surface area contributed by atoms with Crippen LogP contribution >= 0.6 is 0 Å². The quantitative estimate of drug-likeness (QED) is 0.681. The smallest absolute Gasteiger partial charge is 0.0572 e. The molecule has 2 saturated heterocycles. The van der Waals surface area contributed by atoms with E-state index in [1.165, 1.54) is 51.4 Å². The van der Waals surface area contributed by atoms with Gasteiger partial charge in [-0.25, -0.2) is 0 Å². The van der Waals surface area contributed by atoms with Crippen LogP contribution < -0.4 is 5.32 Å². The van der Waals surface area contributed by atoms with E-state index in [0.29, 0.717) is 11.6 Å². The van der Waals surface area contributed by atoms with Crippen LogP contribution in [0.1, 0.15) is 71.1 Å². The summed E-state index contributed by atoms with van der Waals surface area (Å²) >= 11 is 0. The van der Waals surface area contributed by atoms with Crippen molar-refractivity contribution in [1.29, 1.82) is 0 Å². The first-order valence-corrected chi connectivity index (χ1v) is 7.20. The predicted octanol–water partition coefficient (Wildman–Crippen LogP) is 2.99. The number of rotatable bonds is 6. The van der Waals surface area contributed by atoms with Crippen molar-refractivity contribution < 1.29 is 5.11 Å². The average Bonchev–Trinajstić information content (AvgIpc) is 2.55. The topological polar surface area (TPSA) is 32.3 Å². The molecule has 2 heteroatoms. The minimum absolute atomic E-state index is 0.0376. The molecule has 2 aliphatic rings. The fourth-order valence-electron chi connectivity index (χ4n) is 3.59. The Morgan fingerprint density at radius 2 is 2.06 bits per heavy atom. The van der Waals surface area contributed by atoms with Gasteiger partial charge in [0.05, 0.1) is 6.10 Å². The normalized spacial score (nSPS) is 37.9. The lowest BCUT2D eigenvalue weighted by Crippen LogP contribution is -2.50. The molecule has 2 N–H and O–H groups in total. The molecule has 2 rings (SSSR count). The lowest BCUT2D eigenvalue weighted by atomic mass is 9.84. The van der Waals surface area contributed by atoms with E-state index in [9.17, 15) is 5.11 Å². The monoisotopic (exact) mass is 225 g/mol. The minimum atomic E-state index is -0.0376. The van der Waals surface area contributed by atoms with Crippen molar-refractivity contribution in [2.45, 2.75) is 88.8 Å². The Morgan fingerprint density at radius 3 is 2.88 bits per heavy atom. The summed E-state index contributed by atoms with van der Waals surface area (Å²) in [5, 5.41) is 13.6. The number of hydrogen-bond acceptors (Lipinski definition) is 2. The number of fused-ring (bicyclic) bond motifs is 2. The maximum Gasteiger partial charge on any atom is 0.0572 e. The number of nitrogens with one attached hydrogen (secondary N) is 1. The highest BCUT2D eigenvalue weighted by Crippen LogP contribution is 2.39. The maximum absolute atomic E-state index is 9.86. The van der Waals surface area contributed by atoms with Crippen LogP contribution in [0.5, 0.6) is 0 Å². The number of hydrogen-bond donors (Lipinski definition) is 2. The summed E-state index contributed by atoms with van der Waals surface area (Å²) in [6.07, 6.45) is 12.6. The van der Waals surface area contributed by atoms with Gasteiger partial charge in [0.2, 0.25) is 0 Å². The first-order chi connectivity index (χ1) is 7.74. The van der Waals surface area contributed by atoms with Crippen LogP contribution in [-0.4, -0.2) is 22.8 Å². The molecule has 0 spiro atoms. The Bertz CT molecular complexity index is 219. The first-order valence-electron chi connectivity index (χ1n) is 7.20. The molecule has 2 bridgehead atoms. The van der Waals surface area contributed by atoms with Gasteiger partial charge in [0, 0.05) is 11.6 Å².